The zero-order valence-electron chi connectivity index (χ0n) is 10.5. The minimum Gasteiger partial charge on any atom is -0.481 e. The Morgan fingerprint density at radius 2 is 2.06 bits per heavy atom. The van der Waals surface area contributed by atoms with Crippen molar-refractivity contribution in [2.24, 2.45) is 5.92 Å². The van der Waals surface area contributed by atoms with Crippen LogP contribution in [0.4, 0.5) is 14.5 Å². The van der Waals surface area contributed by atoms with Crippen LogP contribution in [0.15, 0.2) is 18.2 Å². The fourth-order valence-electron chi connectivity index (χ4n) is 1.69. The molecule has 1 rings (SSSR count). The number of carboxylic acid groups (broad SMARTS) is 1. The molecule has 1 atom stereocenters. The number of aliphatic carboxylic acids is 1. The van der Waals surface area contributed by atoms with Gasteiger partial charge in [-0.05, 0) is 18.6 Å². The summed E-state index contributed by atoms with van der Waals surface area (Å²) in [6.07, 6.45) is 0.797. The van der Waals surface area contributed by atoms with E-state index in [1.54, 1.807) is 11.8 Å². The standard InChI is InChI=1S/C13H17F2NO2/c1-3-6-16(8-9(2)13(17)18)10-4-5-11(14)12(15)7-10/h4-5,7,9H,3,6,8H2,1-2H3,(H,17,18). The summed E-state index contributed by atoms with van der Waals surface area (Å²) < 4.78 is 26.0. The van der Waals surface area contributed by atoms with Gasteiger partial charge in [0.2, 0.25) is 0 Å². The number of benzene rings is 1. The van der Waals surface area contributed by atoms with E-state index < -0.39 is 23.5 Å². The topological polar surface area (TPSA) is 40.5 Å². The monoisotopic (exact) mass is 257 g/mol. The summed E-state index contributed by atoms with van der Waals surface area (Å²) in [7, 11) is 0. The SMILES string of the molecule is CCCN(CC(C)C(=O)O)c1ccc(F)c(F)c1. The van der Waals surface area contributed by atoms with Crippen molar-refractivity contribution in [3.63, 3.8) is 0 Å². The Kier molecular flexibility index (Phi) is 5.07. The molecule has 5 heteroatoms. The summed E-state index contributed by atoms with van der Waals surface area (Å²) in [5, 5.41) is 8.88. The fourth-order valence-corrected chi connectivity index (χ4v) is 1.69. The van der Waals surface area contributed by atoms with Gasteiger partial charge in [0, 0.05) is 24.8 Å². The smallest absolute Gasteiger partial charge is 0.308 e. The summed E-state index contributed by atoms with van der Waals surface area (Å²) in [4.78, 5) is 12.6. The third kappa shape index (κ3) is 3.68. The van der Waals surface area contributed by atoms with Crippen molar-refractivity contribution in [2.75, 3.05) is 18.0 Å². The lowest BCUT2D eigenvalue weighted by Gasteiger charge is -2.26. The molecule has 0 aliphatic rings. The summed E-state index contributed by atoms with van der Waals surface area (Å²) in [5.74, 6) is -3.29. The number of rotatable bonds is 6. The number of carbonyl (C=O) groups is 1. The predicted molar refractivity (Wildman–Crippen MR) is 65.7 cm³/mol. The number of hydrogen-bond donors (Lipinski definition) is 1. The molecular weight excluding hydrogens is 240 g/mol. The van der Waals surface area contributed by atoms with Crippen molar-refractivity contribution in [3.8, 4) is 0 Å². The zero-order chi connectivity index (χ0) is 13.7. The quantitative estimate of drug-likeness (QED) is 0.851. The van der Waals surface area contributed by atoms with Crippen LogP contribution in [-0.4, -0.2) is 24.2 Å². The van der Waals surface area contributed by atoms with E-state index in [0.29, 0.717) is 12.2 Å². The van der Waals surface area contributed by atoms with Gasteiger partial charge in [0.05, 0.1) is 5.92 Å². The van der Waals surface area contributed by atoms with E-state index in [1.165, 1.54) is 6.07 Å². The molecular formula is C13H17F2NO2. The molecule has 0 radical (unpaired) electrons. The average Bonchev–Trinajstić information content (AvgIpc) is 2.32. The Hall–Kier alpha value is -1.65. The molecule has 1 aromatic rings. The third-order valence-corrected chi connectivity index (χ3v) is 2.68. The minimum absolute atomic E-state index is 0.272. The van der Waals surface area contributed by atoms with E-state index in [4.69, 9.17) is 5.11 Å². The Morgan fingerprint density at radius 1 is 1.39 bits per heavy atom. The van der Waals surface area contributed by atoms with E-state index in [1.807, 2.05) is 6.92 Å². The number of carboxylic acids is 1. The average molecular weight is 257 g/mol. The Bertz CT molecular complexity index is 423. The van der Waals surface area contributed by atoms with Crippen LogP contribution in [0.25, 0.3) is 0 Å². The first kappa shape index (κ1) is 14.4. The molecule has 100 valence electrons. The second-order valence-corrected chi connectivity index (χ2v) is 4.28. The van der Waals surface area contributed by atoms with Crippen LogP contribution in [-0.2, 0) is 4.79 Å². The van der Waals surface area contributed by atoms with Crippen LogP contribution in [0, 0.1) is 17.6 Å². The molecule has 3 nitrogen and oxygen atoms in total. The van der Waals surface area contributed by atoms with Gasteiger partial charge in [-0.1, -0.05) is 13.8 Å². The lowest BCUT2D eigenvalue weighted by molar-refractivity contribution is -0.140. The van der Waals surface area contributed by atoms with Gasteiger partial charge in [-0.15, -0.1) is 0 Å². The van der Waals surface area contributed by atoms with Crippen molar-refractivity contribution in [1.29, 1.82) is 0 Å². The molecule has 0 amide bonds. The van der Waals surface area contributed by atoms with Gasteiger partial charge >= 0.3 is 5.97 Å². The van der Waals surface area contributed by atoms with E-state index in [0.717, 1.165) is 18.6 Å². The molecule has 0 fully saturated rings. The van der Waals surface area contributed by atoms with Gasteiger partial charge in [-0.3, -0.25) is 4.79 Å². The molecule has 1 N–H and O–H groups in total. The maximum atomic E-state index is 13.2. The fraction of sp³-hybridized carbons (Fsp3) is 0.462. The maximum Gasteiger partial charge on any atom is 0.308 e. The molecule has 0 bridgehead atoms. The molecule has 0 saturated heterocycles. The van der Waals surface area contributed by atoms with E-state index in [9.17, 15) is 13.6 Å². The number of halogens is 2. The normalized spacial score (nSPS) is 12.2. The molecule has 0 aliphatic heterocycles. The van der Waals surface area contributed by atoms with Crippen molar-refractivity contribution >= 4 is 11.7 Å². The number of anilines is 1. The summed E-state index contributed by atoms with van der Waals surface area (Å²) in [5.41, 5.74) is 0.504. The van der Waals surface area contributed by atoms with Crippen LogP contribution in [0.3, 0.4) is 0 Å². The summed E-state index contributed by atoms with van der Waals surface area (Å²) in [6.45, 7) is 4.40. The van der Waals surface area contributed by atoms with Crippen molar-refractivity contribution in [1.82, 2.24) is 0 Å². The van der Waals surface area contributed by atoms with Crippen molar-refractivity contribution in [3.05, 3.63) is 29.8 Å². The van der Waals surface area contributed by atoms with E-state index in [-0.39, 0.29) is 6.54 Å². The van der Waals surface area contributed by atoms with Crippen LogP contribution >= 0.6 is 0 Å². The molecule has 0 aromatic heterocycles. The van der Waals surface area contributed by atoms with Gasteiger partial charge in [0.1, 0.15) is 0 Å². The molecule has 0 heterocycles. The lowest BCUT2D eigenvalue weighted by atomic mass is 10.1. The Labute approximate surface area is 105 Å². The first-order valence-corrected chi connectivity index (χ1v) is 5.88. The highest BCUT2D eigenvalue weighted by Crippen LogP contribution is 2.19. The van der Waals surface area contributed by atoms with Gasteiger partial charge in [-0.2, -0.15) is 0 Å². The number of nitrogens with zero attached hydrogens (tertiary/aromatic N) is 1. The minimum atomic E-state index is -0.920. The van der Waals surface area contributed by atoms with Gasteiger partial charge in [0.25, 0.3) is 0 Å². The van der Waals surface area contributed by atoms with Crippen LogP contribution in [0.5, 0.6) is 0 Å². The number of hydrogen-bond acceptors (Lipinski definition) is 2. The van der Waals surface area contributed by atoms with Crippen molar-refractivity contribution in [2.45, 2.75) is 20.3 Å². The summed E-state index contributed by atoms with van der Waals surface area (Å²) >= 11 is 0. The predicted octanol–water partition coefficient (Wildman–Crippen LogP) is 2.90. The lowest BCUT2D eigenvalue weighted by Crippen LogP contribution is -2.32. The van der Waals surface area contributed by atoms with Gasteiger partial charge in [-0.25, -0.2) is 8.78 Å². The Morgan fingerprint density at radius 3 is 2.56 bits per heavy atom. The third-order valence-electron chi connectivity index (χ3n) is 2.68. The highest BCUT2D eigenvalue weighted by molar-refractivity contribution is 5.70. The highest BCUT2D eigenvalue weighted by Gasteiger charge is 2.17. The highest BCUT2D eigenvalue weighted by atomic mass is 19.2. The van der Waals surface area contributed by atoms with Gasteiger partial charge in [0.15, 0.2) is 11.6 Å². The maximum absolute atomic E-state index is 13.2. The molecule has 0 saturated carbocycles. The van der Waals surface area contributed by atoms with Crippen LogP contribution in [0.2, 0.25) is 0 Å². The largest absolute Gasteiger partial charge is 0.481 e. The second-order valence-electron chi connectivity index (χ2n) is 4.28. The molecule has 18 heavy (non-hydrogen) atoms. The zero-order valence-corrected chi connectivity index (χ0v) is 10.5. The van der Waals surface area contributed by atoms with Gasteiger partial charge < -0.3 is 10.0 Å². The summed E-state index contributed by atoms with van der Waals surface area (Å²) in [6, 6.07) is 3.61. The first-order chi connectivity index (χ1) is 8.45. The van der Waals surface area contributed by atoms with Crippen LogP contribution in [0.1, 0.15) is 20.3 Å². The van der Waals surface area contributed by atoms with Crippen molar-refractivity contribution < 1.29 is 18.7 Å². The first-order valence-electron chi connectivity index (χ1n) is 5.88. The second kappa shape index (κ2) is 6.33. The molecule has 0 spiro atoms. The molecule has 1 aromatic carbocycles. The van der Waals surface area contributed by atoms with Crippen LogP contribution < -0.4 is 4.90 Å². The molecule has 1 unspecified atom stereocenters. The van der Waals surface area contributed by atoms with E-state index in [2.05, 4.69) is 0 Å². The Balaban J connectivity index is 2.89. The molecule has 0 aliphatic carbocycles. The van der Waals surface area contributed by atoms with E-state index >= 15 is 0 Å².